The van der Waals surface area contributed by atoms with Crippen LogP contribution in [0.5, 0.6) is 0 Å². The largest absolute Gasteiger partial charge is 0.375 e. The molecule has 0 saturated heterocycles. The van der Waals surface area contributed by atoms with E-state index in [1.54, 1.807) is 6.33 Å². The standard InChI is InChI=1S/C16H14BrN3O2/c1-22-9-16(21)19-12-3-2-4-13(8-12)20-10-18-14-6-5-11(17)7-15(14)20/h2-8,10H,9H2,1H3,(H,19,21). The second-order valence-corrected chi connectivity index (χ2v) is 5.69. The van der Waals surface area contributed by atoms with Crippen LogP contribution in [0.3, 0.4) is 0 Å². The van der Waals surface area contributed by atoms with Gasteiger partial charge in [-0.15, -0.1) is 0 Å². The van der Waals surface area contributed by atoms with Crippen molar-refractivity contribution in [3.8, 4) is 5.69 Å². The Morgan fingerprint density at radius 2 is 2.18 bits per heavy atom. The van der Waals surface area contributed by atoms with E-state index in [0.29, 0.717) is 0 Å². The Hall–Kier alpha value is -2.18. The monoisotopic (exact) mass is 359 g/mol. The number of ether oxygens (including phenoxy) is 1. The summed E-state index contributed by atoms with van der Waals surface area (Å²) in [5.74, 6) is -0.183. The van der Waals surface area contributed by atoms with Crippen molar-refractivity contribution in [3.63, 3.8) is 0 Å². The molecule has 5 nitrogen and oxygen atoms in total. The molecule has 0 unspecified atom stereocenters. The van der Waals surface area contributed by atoms with Gasteiger partial charge in [0.15, 0.2) is 0 Å². The van der Waals surface area contributed by atoms with Crippen LogP contribution in [0.15, 0.2) is 53.3 Å². The molecule has 0 spiro atoms. The molecule has 112 valence electrons. The third-order valence-electron chi connectivity index (χ3n) is 3.19. The lowest BCUT2D eigenvalue weighted by atomic mass is 10.2. The van der Waals surface area contributed by atoms with E-state index >= 15 is 0 Å². The van der Waals surface area contributed by atoms with Crippen molar-refractivity contribution in [1.82, 2.24) is 9.55 Å². The summed E-state index contributed by atoms with van der Waals surface area (Å²) in [7, 11) is 1.49. The fourth-order valence-electron chi connectivity index (χ4n) is 2.25. The molecule has 3 aromatic rings. The summed E-state index contributed by atoms with van der Waals surface area (Å²) in [6.07, 6.45) is 1.77. The zero-order valence-corrected chi connectivity index (χ0v) is 13.5. The van der Waals surface area contributed by atoms with E-state index < -0.39 is 0 Å². The third kappa shape index (κ3) is 3.03. The Bertz CT molecular complexity index is 829. The quantitative estimate of drug-likeness (QED) is 0.776. The highest BCUT2D eigenvalue weighted by atomic mass is 79.9. The van der Waals surface area contributed by atoms with Crippen LogP contribution >= 0.6 is 15.9 Å². The Labute approximate surface area is 136 Å². The SMILES string of the molecule is COCC(=O)Nc1cccc(-n2cnc3ccc(Br)cc32)c1. The van der Waals surface area contributed by atoms with E-state index in [2.05, 4.69) is 26.2 Å². The number of carbonyl (C=O) groups is 1. The molecule has 0 aliphatic carbocycles. The number of amides is 1. The lowest BCUT2D eigenvalue weighted by Gasteiger charge is -2.08. The number of anilines is 1. The predicted molar refractivity (Wildman–Crippen MR) is 89.3 cm³/mol. The van der Waals surface area contributed by atoms with Crippen LogP contribution < -0.4 is 5.32 Å². The van der Waals surface area contributed by atoms with Crippen molar-refractivity contribution in [2.45, 2.75) is 0 Å². The topological polar surface area (TPSA) is 56.1 Å². The van der Waals surface area contributed by atoms with E-state index in [4.69, 9.17) is 4.74 Å². The number of hydrogen-bond acceptors (Lipinski definition) is 3. The van der Waals surface area contributed by atoms with Gasteiger partial charge in [-0.25, -0.2) is 4.98 Å². The summed E-state index contributed by atoms with van der Waals surface area (Å²) < 4.78 is 7.79. The van der Waals surface area contributed by atoms with Gasteiger partial charge in [-0.1, -0.05) is 22.0 Å². The molecule has 1 heterocycles. The first-order valence-electron chi connectivity index (χ1n) is 6.69. The number of carbonyl (C=O) groups excluding carboxylic acids is 1. The molecule has 22 heavy (non-hydrogen) atoms. The zero-order chi connectivity index (χ0) is 15.5. The number of methoxy groups -OCH3 is 1. The summed E-state index contributed by atoms with van der Waals surface area (Å²) in [5, 5.41) is 2.80. The maximum atomic E-state index is 11.6. The molecular weight excluding hydrogens is 346 g/mol. The summed E-state index contributed by atoms with van der Waals surface area (Å²) in [6, 6.07) is 13.5. The van der Waals surface area contributed by atoms with Crippen LogP contribution in [0, 0.1) is 0 Å². The zero-order valence-electron chi connectivity index (χ0n) is 11.9. The molecule has 0 atom stereocenters. The van der Waals surface area contributed by atoms with Crippen LogP contribution in [0.2, 0.25) is 0 Å². The molecule has 1 aromatic heterocycles. The highest BCUT2D eigenvalue weighted by Crippen LogP contribution is 2.23. The second-order valence-electron chi connectivity index (χ2n) is 4.78. The van der Waals surface area contributed by atoms with E-state index in [-0.39, 0.29) is 12.5 Å². The van der Waals surface area contributed by atoms with Gasteiger partial charge in [0.2, 0.25) is 5.91 Å². The van der Waals surface area contributed by atoms with Gasteiger partial charge in [-0.3, -0.25) is 9.36 Å². The van der Waals surface area contributed by atoms with Crippen LogP contribution in [0.25, 0.3) is 16.7 Å². The number of benzene rings is 2. The van der Waals surface area contributed by atoms with Gasteiger partial charge in [-0.05, 0) is 36.4 Å². The number of aromatic nitrogens is 2. The molecule has 0 fully saturated rings. The van der Waals surface area contributed by atoms with Crippen molar-refractivity contribution in [2.75, 3.05) is 19.0 Å². The van der Waals surface area contributed by atoms with Crippen LogP contribution in [0.4, 0.5) is 5.69 Å². The maximum absolute atomic E-state index is 11.6. The molecule has 1 N–H and O–H groups in total. The minimum Gasteiger partial charge on any atom is -0.375 e. The minimum absolute atomic E-state index is 0.0329. The van der Waals surface area contributed by atoms with Crippen LogP contribution in [0.1, 0.15) is 0 Å². The van der Waals surface area contributed by atoms with E-state index in [9.17, 15) is 4.79 Å². The first kappa shape index (κ1) is 14.7. The van der Waals surface area contributed by atoms with Gasteiger partial charge < -0.3 is 10.1 Å². The molecule has 0 radical (unpaired) electrons. The van der Waals surface area contributed by atoms with Gasteiger partial charge >= 0.3 is 0 Å². The fourth-order valence-corrected chi connectivity index (χ4v) is 2.60. The molecule has 3 rings (SSSR count). The predicted octanol–water partition coefficient (Wildman–Crippen LogP) is 3.37. The van der Waals surface area contributed by atoms with Crippen molar-refractivity contribution >= 4 is 38.6 Å². The molecule has 0 aliphatic heterocycles. The second kappa shape index (κ2) is 6.29. The lowest BCUT2D eigenvalue weighted by molar-refractivity contribution is -0.119. The molecular formula is C16H14BrN3O2. The first-order valence-corrected chi connectivity index (χ1v) is 7.48. The fraction of sp³-hybridized carbons (Fsp3) is 0.125. The highest BCUT2D eigenvalue weighted by molar-refractivity contribution is 9.10. The van der Waals surface area contributed by atoms with Gasteiger partial charge in [0.25, 0.3) is 0 Å². The molecule has 0 aliphatic rings. The van der Waals surface area contributed by atoms with E-state index in [0.717, 1.165) is 26.9 Å². The molecule has 0 saturated carbocycles. The average molecular weight is 360 g/mol. The van der Waals surface area contributed by atoms with Crippen LogP contribution in [-0.4, -0.2) is 29.2 Å². The number of nitrogens with zero attached hydrogens (tertiary/aromatic N) is 2. The van der Waals surface area contributed by atoms with E-state index in [1.165, 1.54) is 7.11 Å². The van der Waals surface area contributed by atoms with Crippen LogP contribution in [-0.2, 0) is 9.53 Å². The Kier molecular flexibility index (Phi) is 4.22. The average Bonchev–Trinajstić information content (AvgIpc) is 2.90. The van der Waals surface area contributed by atoms with Crippen molar-refractivity contribution < 1.29 is 9.53 Å². The smallest absolute Gasteiger partial charge is 0.250 e. The maximum Gasteiger partial charge on any atom is 0.250 e. The Morgan fingerprint density at radius 1 is 1.32 bits per heavy atom. The van der Waals surface area contributed by atoms with Gasteiger partial charge in [0.05, 0.1) is 11.0 Å². The molecule has 2 aromatic carbocycles. The summed E-state index contributed by atoms with van der Waals surface area (Å²) >= 11 is 3.48. The minimum atomic E-state index is -0.183. The van der Waals surface area contributed by atoms with Gasteiger partial charge in [0.1, 0.15) is 12.9 Å². The summed E-state index contributed by atoms with van der Waals surface area (Å²) in [6.45, 7) is 0.0329. The van der Waals surface area contributed by atoms with Gasteiger partial charge in [0, 0.05) is 23.0 Å². The normalized spacial score (nSPS) is 10.8. The number of hydrogen-bond donors (Lipinski definition) is 1. The lowest BCUT2D eigenvalue weighted by Crippen LogP contribution is -2.17. The van der Waals surface area contributed by atoms with E-state index in [1.807, 2.05) is 47.0 Å². The van der Waals surface area contributed by atoms with Gasteiger partial charge in [-0.2, -0.15) is 0 Å². The van der Waals surface area contributed by atoms with Crippen molar-refractivity contribution in [2.24, 2.45) is 0 Å². The number of fused-ring (bicyclic) bond motifs is 1. The molecule has 6 heteroatoms. The molecule has 0 bridgehead atoms. The Morgan fingerprint density at radius 3 is 3.00 bits per heavy atom. The van der Waals surface area contributed by atoms with Crippen molar-refractivity contribution in [1.29, 1.82) is 0 Å². The summed E-state index contributed by atoms with van der Waals surface area (Å²) in [5.41, 5.74) is 3.55. The third-order valence-corrected chi connectivity index (χ3v) is 3.69. The molecule has 1 amide bonds. The number of rotatable bonds is 4. The first-order chi connectivity index (χ1) is 10.7. The summed E-state index contributed by atoms with van der Waals surface area (Å²) in [4.78, 5) is 16.0. The number of halogens is 1. The number of imidazole rings is 1. The number of nitrogens with one attached hydrogen (secondary N) is 1. The Balaban J connectivity index is 1.97. The highest BCUT2D eigenvalue weighted by Gasteiger charge is 2.07. The van der Waals surface area contributed by atoms with Crippen molar-refractivity contribution in [3.05, 3.63) is 53.3 Å².